The van der Waals surface area contributed by atoms with Gasteiger partial charge in [-0.15, -0.1) is 0 Å². The average Bonchev–Trinajstić information content (AvgIpc) is 2.74. The number of esters is 1. The summed E-state index contributed by atoms with van der Waals surface area (Å²) in [4.78, 5) is 12.3. The Hall–Kier alpha value is -3.95. The van der Waals surface area contributed by atoms with Gasteiger partial charge in [0.25, 0.3) is 0 Å². The van der Waals surface area contributed by atoms with E-state index in [0.717, 1.165) is 22.3 Å². The first-order valence-electron chi connectivity index (χ1n) is 9.68. The van der Waals surface area contributed by atoms with Crippen molar-refractivity contribution in [3.05, 3.63) is 99.6 Å². The fourth-order valence-electron chi connectivity index (χ4n) is 2.71. The van der Waals surface area contributed by atoms with Gasteiger partial charge < -0.3 is 9.84 Å². The molecule has 0 fully saturated rings. The Kier molecular flexibility index (Phi) is 6.58. The normalized spacial score (nSPS) is 9.70. The molecule has 3 nitrogen and oxygen atoms in total. The maximum absolute atomic E-state index is 12.3. The molecule has 0 amide bonds. The third-order valence-corrected chi connectivity index (χ3v) is 4.41. The largest absolute Gasteiger partial charge is 0.505 e. The number of carbonyl (C=O) groups excluding carboxylic acids is 1. The summed E-state index contributed by atoms with van der Waals surface area (Å²) in [6, 6.07) is 18.6. The van der Waals surface area contributed by atoms with Gasteiger partial charge in [-0.2, -0.15) is 0 Å². The number of phenolic OH excluding ortho intramolecular Hbond substituents is 1. The molecule has 0 bridgehead atoms. The van der Waals surface area contributed by atoms with Crippen molar-refractivity contribution in [2.45, 2.75) is 20.8 Å². The van der Waals surface area contributed by atoms with E-state index in [1.807, 2.05) is 62.4 Å². The molecule has 0 aliphatic rings. The number of aromatic hydroxyl groups is 1. The summed E-state index contributed by atoms with van der Waals surface area (Å²) in [6.45, 7) is 6.01. The quantitative estimate of drug-likeness (QED) is 0.492. The zero-order chi connectivity index (χ0) is 21.5. The van der Waals surface area contributed by atoms with Crippen LogP contribution in [0.4, 0.5) is 0 Å². The molecule has 30 heavy (non-hydrogen) atoms. The molecule has 0 aliphatic carbocycles. The van der Waals surface area contributed by atoms with Gasteiger partial charge in [0, 0.05) is 11.1 Å². The SMILES string of the molecule is CCOC(=O)c1cc(C#Cc2ccc(C)cc2)c(O)c(C#Cc2ccc(C)cc2)c1. The molecule has 0 aliphatic heterocycles. The fourth-order valence-corrected chi connectivity index (χ4v) is 2.71. The Morgan fingerprint density at radius 2 is 1.23 bits per heavy atom. The lowest BCUT2D eigenvalue weighted by Gasteiger charge is -2.06. The summed E-state index contributed by atoms with van der Waals surface area (Å²) in [6.07, 6.45) is 0. The maximum atomic E-state index is 12.3. The molecule has 0 saturated carbocycles. The number of carbonyl (C=O) groups is 1. The second kappa shape index (κ2) is 9.50. The van der Waals surface area contributed by atoms with Gasteiger partial charge in [-0.05, 0) is 57.2 Å². The zero-order valence-electron chi connectivity index (χ0n) is 17.2. The summed E-state index contributed by atoms with van der Waals surface area (Å²) >= 11 is 0. The first-order chi connectivity index (χ1) is 14.5. The van der Waals surface area contributed by atoms with Crippen LogP contribution in [0, 0.1) is 37.5 Å². The Morgan fingerprint density at radius 1 is 0.800 bits per heavy atom. The third-order valence-electron chi connectivity index (χ3n) is 4.41. The Balaban J connectivity index is 2.05. The molecule has 0 spiro atoms. The van der Waals surface area contributed by atoms with Crippen LogP contribution in [0.3, 0.4) is 0 Å². The molecule has 148 valence electrons. The van der Waals surface area contributed by atoms with Gasteiger partial charge in [0.05, 0.1) is 23.3 Å². The molecule has 3 aromatic rings. The highest BCUT2D eigenvalue weighted by Gasteiger charge is 2.13. The van der Waals surface area contributed by atoms with Gasteiger partial charge in [0.2, 0.25) is 0 Å². The highest BCUT2D eigenvalue weighted by molar-refractivity contribution is 5.91. The van der Waals surface area contributed by atoms with Crippen molar-refractivity contribution in [3.63, 3.8) is 0 Å². The Labute approximate surface area is 177 Å². The monoisotopic (exact) mass is 394 g/mol. The van der Waals surface area contributed by atoms with Gasteiger partial charge >= 0.3 is 5.97 Å². The minimum Gasteiger partial charge on any atom is -0.505 e. The lowest BCUT2D eigenvalue weighted by molar-refractivity contribution is 0.0526. The molecule has 0 heterocycles. The second-order valence-corrected chi connectivity index (χ2v) is 6.87. The average molecular weight is 394 g/mol. The lowest BCUT2D eigenvalue weighted by Crippen LogP contribution is -2.05. The van der Waals surface area contributed by atoms with Crippen LogP contribution in [0.25, 0.3) is 0 Å². The molecule has 0 radical (unpaired) electrons. The van der Waals surface area contributed by atoms with Gasteiger partial charge in [-0.25, -0.2) is 4.79 Å². The first-order valence-corrected chi connectivity index (χ1v) is 9.68. The number of phenols is 1. The van der Waals surface area contributed by atoms with E-state index in [-0.39, 0.29) is 12.4 Å². The summed E-state index contributed by atoms with van der Waals surface area (Å²) in [7, 11) is 0. The number of ether oxygens (including phenoxy) is 1. The Morgan fingerprint density at radius 3 is 1.63 bits per heavy atom. The molecule has 0 unspecified atom stereocenters. The molecule has 3 rings (SSSR count). The fraction of sp³-hybridized carbons (Fsp3) is 0.148. The van der Waals surface area contributed by atoms with Crippen molar-refractivity contribution in [2.24, 2.45) is 0 Å². The summed E-state index contributed by atoms with van der Waals surface area (Å²) in [5.41, 5.74) is 4.87. The topological polar surface area (TPSA) is 46.5 Å². The van der Waals surface area contributed by atoms with Crippen LogP contribution in [0.2, 0.25) is 0 Å². The van der Waals surface area contributed by atoms with E-state index in [1.54, 1.807) is 6.92 Å². The Bertz CT molecular complexity index is 1090. The van der Waals surface area contributed by atoms with Gasteiger partial charge in [-0.3, -0.25) is 0 Å². The number of hydrogen-bond acceptors (Lipinski definition) is 3. The molecule has 0 atom stereocenters. The van der Waals surface area contributed by atoms with E-state index in [4.69, 9.17) is 4.74 Å². The van der Waals surface area contributed by atoms with Crippen molar-refractivity contribution >= 4 is 5.97 Å². The molecule has 3 heteroatoms. The van der Waals surface area contributed by atoms with Crippen molar-refractivity contribution in [3.8, 4) is 29.4 Å². The molecule has 1 N–H and O–H groups in total. The second-order valence-electron chi connectivity index (χ2n) is 6.87. The van der Waals surface area contributed by atoms with Crippen LogP contribution in [0.15, 0.2) is 60.7 Å². The van der Waals surface area contributed by atoms with E-state index >= 15 is 0 Å². The minimum atomic E-state index is -0.478. The number of hydrogen-bond donors (Lipinski definition) is 1. The van der Waals surface area contributed by atoms with Gasteiger partial charge in [0.15, 0.2) is 0 Å². The van der Waals surface area contributed by atoms with Gasteiger partial charge in [-0.1, -0.05) is 59.1 Å². The zero-order valence-corrected chi connectivity index (χ0v) is 17.2. The van der Waals surface area contributed by atoms with Crippen LogP contribution < -0.4 is 0 Å². The van der Waals surface area contributed by atoms with Crippen LogP contribution in [-0.2, 0) is 4.74 Å². The maximum Gasteiger partial charge on any atom is 0.338 e. The number of benzene rings is 3. The van der Waals surface area contributed by atoms with E-state index in [1.165, 1.54) is 12.1 Å². The van der Waals surface area contributed by atoms with Crippen molar-refractivity contribution in [1.29, 1.82) is 0 Å². The smallest absolute Gasteiger partial charge is 0.338 e. The molecular formula is C27H22O3. The molecule has 3 aromatic carbocycles. The van der Waals surface area contributed by atoms with Gasteiger partial charge in [0.1, 0.15) is 5.75 Å². The van der Waals surface area contributed by atoms with Crippen molar-refractivity contribution in [1.82, 2.24) is 0 Å². The third kappa shape index (κ3) is 5.31. The lowest BCUT2D eigenvalue weighted by atomic mass is 10.0. The van der Waals surface area contributed by atoms with Crippen molar-refractivity contribution in [2.75, 3.05) is 6.61 Å². The van der Waals surface area contributed by atoms with Crippen LogP contribution in [0.1, 0.15) is 50.7 Å². The summed E-state index contributed by atoms with van der Waals surface area (Å²) < 4.78 is 5.11. The molecule has 0 aromatic heterocycles. The van der Waals surface area contributed by atoms with E-state index in [9.17, 15) is 9.90 Å². The van der Waals surface area contributed by atoms with Crippen molar-refractivity contribution < 1.29 is 14.6 Å². The predicted octanol–water partition coefficient (Wildman–Crippen LogP) is 4.99. The standard InChI is InChI=1S/C27H22O3/c1-4-30-27(29)25-17-23(15-13-21-9-5-19(2)6-10-21)26(28)24(18-25)16-14-22-11-7-20(3)8-12-22/h5-12,17-18,28H,4H2,1-3H3. The summed E-state index contributed by atoms with van der Waals surface area (Å²) in [5, 5.41) is 10.7. The minimum absolute atomic E-state index is 0.0535. The van der Waals surface area contributed by atoms with E-state index in [0.29, 0.717) is 16.7 Å². The molecule has 0 saturated heterocycles. The number of aryl methyl sites for hydroxylation is 2. The van der Waals surface area contributed by atoms with E-state index < -0.39 is 5.97 Å². The number of rotatable bonds is 2. The summed E-state index contributed by atoms with van der Waals surface area (Å²) in [5.74, 6) is 11.4. The molecular weight excluding hydrogens is 372 g/mol. The van der Waals surface area contributed by atoms with Crippen LogP contribution in [-0.4, -0.2) is 17.7 Å². The highest BCUT2D eigenvalue weighted by atomic mass is 16.5. The van der Waals surface area contributed by atoms with Crippen LogP contribution >= 0.6 is 0 Å². The first kappa shape index (κ1) is 20.8. The highest BCUT2D eigenvalue weighted by Crippen LogP contribution is 2.24. The predicted molar refractivity (Wildman–Crippen MR) is 118 cm³/mol. The van der Waals surface area contributed by atoms with E-state index in [2.05, 4.69) is 23.7 Å². The van der Waals surface area contributed by atoms with Crippen LogP contribution in [0.5, 0.6) is 5.75 Å².